The Bertz CT molecular complexity index is 651. The number of aliphatic hydroxyl groups is 1. The van der Waals surface area contributed by atoms with Crippen molar-refractivity contribution in [1.29, 1.82) is 0 Å². The number of amides is 1. The fraction of sp³-hybridized carbons (Fsp3) is 0.412. The molecule has 1 amide bonds. The second-order valence-electron chi connectivity index (χ2n) is 5.82. The van der Waals surface area contributed by atoms with Crippen LogP contribution in [0.15, 0.2) is 36.5 Å². The molecule has 1 aliphatic rings. The largest absolute Gasteiger partial charge is 0.393 e. The van der Waals surface area contributed by atoms with Crippen LogP contribution < -0.4 is 0 Å². The van der Waals surface area contributed by atoms with E-state index < -0.39 is 0 Å². The van der Waals surface area contributed by atoms with E-state index in [0.717, 1.165) is 30.0 Å². The van der Waals surface area contributed by atoms with Gasteiger partial charge in [0.25, 0.3) is 5.91 Å². The zero-order valence-electron chi connectivity index (χ0n) is 12.2. The summed E-state index contributed by atoms with van der Waals surface area (Å²) in [5.41, 5.74) is 0.489. The van der Waals surface area contributed by atoms with E-state index >= 15 is 0 Å². The molecule has 1 aromatic heterocycles. The van der Waals surface area contributed by atoms with Crippen molar-refractivity contribution in [2.24, 2.45) is 5.92 Å². The minimum atomic E-state index is -0.277. The minimum Gasteiger partial charge on any atom is -0.393 e. The first-order valence-electron chi connectivity index (χ1n) is 7.44. The van der Waals surface area contributed by atoms with Crippen molar-refractivity contribution >= 4 is 16.7 Å². The Morgan fingerprint density at radius 3 is 2.90 bits per heavy atom. The van der Waals surface area contributed by atoms with Crippen molar-refractivity contribution in [2.75, 3.05) is 13.6 Å². The quantitative estimate of drug-likeness (QED) is 0.942. The van der Waals surface area contributed by atoms with Gasteiger partial charge >= 0.3 is 0 Å². The third kappa shape index (κ3) is 2.76. The van der Waals surface area contributed by atoms with Crippen LogP contribution in [0.3, 0.4) is 0 Å². The number of fused-ring (bicyclic) bond motifs is 1. The first-order valence-corrected chi connectivity index (χ1v) is 7.44. The highest BCUT2D eigenvalue weighted by atomic mass is 16.3. The van der Waals surface area contributed by atoms with Crippen molar-refractivity contribution in [3.8, 4) is 0 Å². The van der Waals surface area contributed by atoms with E-state index in [9.17, 15) is 9.90 Å². The van der Waals surface area contributed by atoms with Crippen molar-refractivity contribution < 1.29 is 9.90 Å². The second kappa shape index (κ2) is 5.82. The highest BCUT2D eigenvalue weighted by molar-refractivity contribution is 6.05. The minimum absolute atomic E-state index is 0.0779. The molecule has 3 rings (SSSR count). The number of benzene rings is 1. The zero-order valence-corrected chi connectivity index (χ0v) is 12.2. The lowest BCUT2D eigenvalue weighted by molar-refractivity contribution is 0.0690. The van der Waals surface area contributed by atoms with E-state index in [0.29, 0.717) is 12.2 Å². The van der Waals surface area contributed by atoms with Crippen LogP contribution >= 0.6 is 0 Å². The van der Waals surface area contributed by atoms with Gasteiger partial charge in [0.2, 0.25) is 0 Å². The summed E-state index contributed by atoms with van der Waals surface area (Å²) in [5.74, 6) is 0.111. The van der Waals surface area contributed by atoms with Crippen molar-refractivity contribution in [3.63, 3.8) is 0 Å². The monoisotopic (exact) mass is 284 g/mol. The van der Waals surface area contributed by atoms with Crippen LogP contribution in [0, 0.1) is 5.92 Å². The fourth-order valence-electron chi connectivity index (χ4n) is 3.14. The first kappa shape index (κ1) is 14.0. The molecule has 0 aliphatic heterocycles. The summed E-state index contributed by atoms with van der Waals surface area (Å²) >= 11 is 0. The number of carbonyl (C=O) groups is 1. The van der Waals surface area contributed by atoms with Gasteiger partial charge < -0.3 is 10.0 Å². The molecule has 0 spiro atoms. The first-order chi connectivity index (χ1) is 10.2. The maximum absolute atomic E-state index is 12.6. The Morgan fingerprint density at radius 2 is 2.14 bits per heavy atom. The van der Waals surface area contributed by atoms with Crippen LogP contribution in [0.5, 0.6) is 0 Å². The van der Waals surface area contributed by atoms with Crippen LogP contribution in [0.4, 0.5) is 0 Å². The number of carbonyl (C=O) groups excluding carboxylic acids is 1. The summed E-state index contributed by atoms with van der Waals surface area (Å²) in [6.45, 7) is 0.588. The standard InChI is InChI=1S/C17H20N2O2/c1-19(11-13-6-4-8-15(13)20)17(21)16-14-7-3-2-5-12(14)9-10-18-16/h2-3,5,7,9-10,13,15,20H,4,6,8,11H2,1H3. The molecule has 4 nitrogen and oxygen atoms in total. The lowest BCUT2D eigenvalue weighted by Gasteiger charge is -2.23. The summed E-state index contributed by atoms with van der Waals surface area (Å²) in [4.78, 5) is 18.6. The van der Waals surface area contributed by atoms with Gasteiger partial charge in [0.05, 0.1) is 6.10 Å². The summed E-state index contributed by atoms with van der Waals surface area (Å²) < 4.78 is 0. The molecule has 1 aromatic carbocycles. The maximum atomic E-state index is 12.6. The Morgan fingerprint density at radius 1 is 1.33 bits per heavy atom. The SMILES string of the molecule is CN(CC1CCCC1O)C(=O)c1nccc2ccccc12. The second-order valence-corrected chi connectivity index (χ2v) is 5.82. The molecule has 4 heteroatoms. The highest BCUT2D eigenvalue weighted by Crippen LogP contribution is 2.26. The number of aromatic nitrogens is 1. The Balaban J connectivity index is 1.83. The molecule has 0 saturated heterocycles. The van der Waals surface area contributed by atoms with E-state index in [1.807, 2.05) is 30.3 Å². The van der Waals surface area contributed by atoms with Gasteiger partial charge in [-0.25, -0.2) is 0 Å². The van der Waals surface area contributed by atoms with Gasteiger partial charge in [0.1, 0.15) is 5.69 Å². The molecule has 0 bridgehead atoms. The van der Waals surface area contributed by atoms with Gasteiger partial charge in [-0.3, -0.25) is 9.78 Å². The maximum Gasteiger partial charge on any atom is 0.272 e. The molecule has 2 aromatic rings. The van der Waals surface area contributed by atoms with Gasteiger partial charge in [-0.15, -0.1) is 0 Å². The third-order valence-corrected chi connectivity index (χ3v) is 4.35. The topological polar surface area (TPSA) is 53.4 Å². The van der Waals surface area contributed by atoms with E-state index in [4.69, 9.17) is 0 Å². The molecule has 1 heterocycles. The highest BCUT2D eigenvalue weighted by Gasteiger charge is 2.28. The van der Waals surface area contributed by atoms with E-state index in [1.54, 1.807) is 18.1 Å². The number of hydrogen-bond acceptors (Lipinski definition) is 3. The number of nitrogens with zero attached hydrogens (tertiary/aromatic N) is 2. The number of aliphatic hydroxyl groups excluding tert-OH is 1. The third-order valence-electron chi connectivity index (χ3n) is 4.35. The predicted octanol–water partition coefficient (Wildman–Crippen LogP) is 2.47. The van der Waals surface area contributed by atoms with Gasteiger partial charge in [-0.2, -0.15) is 0 Å². The molecule has 110 valence electrons. The Kier molecular flexibility index (Phi) is 3.88. The van der Waals surface area contributed by atoms with Gasteiger partial charge in [0.15, 0.2) is 0 Å². The summed E-state index contributed by atoms with van der Waals surface area (Å²) in [6.07, 6.45) is 4.27. The van der Waals surface area contributed by atoms with Crippen LogP contribution in [0.2, 0.25) is 0 Å². The van der Waals surface area contributed by atoms with Crippen molar-refractivity contribution in [2.45, 2.75) is 25.4 Å². The summed E-state index contributed by atoms with van der Waals surface area (Å²) in [7, 11) is 1.79. The molecule has 1 fully saturated rings. The van der Waals surface area contributed by atoms with Gasteiger partial charge in [0, 0.05) is 31.1 Å². The zero-order chi connectivity index (χ0) is 14.8. The average Bonchev–Trinajstić information content (AvgIpc) is 2.91. The Labute approximate surface area is 124 Å². The van der Waals surface area contributed by atoms with Crippen LogP contribution in [-0.2, 0) is 0 Å². The number of pyridine rings is 1. The van der Waals surface area contributed by atoms with E-state index in [1.165, 1.54) is 0 Å². The molecule has 0 radical (unpaired) electrons. The van der Waals surface area contributed by atoms with E-state index in [-0.39, 0.29) is 17.9 Å². The molecule has 2 unspecified atom stereocenters. The Hall–Kier alpha value is -1.94. The molecule has 2 atom stereocenters. The molecular formula is C17H20N2O2. The van der Waals surface area contributed by atoms with E-state index in [2.05, 4.69) is 4.98 Å². The number of hydrogen-bond donors (Lipinski definition) is 1. The van der Waals surface area contributed by atoms with Crippen LogP contribution in [-0.4, -0.2) is 40.6 Å². The van der Waals surface area contributed by atoms with Gasteiger partial charge in [-0.1, -0.05) is 30.7 Å². The normalized spacial score (nSPS) is 21.6. The fourth-order valence-corrected chi connectivity index (χ4v) is 3.14. The molecule has 1 saturated carbocycles. The van der Waals surface area contributed by atoms with Gasteiger partial charge in [-0.05, 0) is 24.3 Å². The number of rotatable bonds is 3. The molecular weight excluding hydrogens is 264 g/mol. The van der Waals surface area contributed by atoms with Crippen molar-refractivity contribution in [1.82, 2.24) is 9.88 Å². The molecule has 1 N–H and O–H groups in total. The smallest absolute Gasteiger partial charge is 0.272 e. The average molecular weight is 284 g/mol. The van der Waals surface area contributed by atoms with Crippen LogP contribution in [0.1, 0.15) is 29.8 Å². The summed E-state index contributed by atoms with van der Waals surface area (Å²) in [5, 5.41) is 11.8. The van der Waals surface area contributed by atoms with Crippen LogP contribution in [0.25, 0.3) is 10.8 Å². The lowest BCUT2D eigenvalue weighted by Crippen LogP contribution is -2.35. The molecule has 1 aliphatic carbocycles. The molecule has 21 heavy (non-hydrogen) atoms. The lowest BCUT2D eigenvalue weighted by atomic mass is 10.0. The summed E-state index contributed by atoms with van der Waals surface area (Å²) in [6, 6.07) is 9.69. The van der Waals surface area contributed by atoms with Crippen molar-refractivity contribution in [3.05, 3.63) is 42.2 Å². The predicted molar refractivity (Wildman–Crippen MR) is 82.1 cm³/mol.